The van der Waals surface area contributed by atoms with E-state index < -0.39 is 146 Å². The summed E-state index contributed by atoms with van der Waals surface area (Å²) in [6, 6.07) is 0. The zero-order valence-electron chi connectivity index (χ0n) is 43.4. The van der Waals surface area contributed by atoms with E-state index in [1.54, 1.807) is 0 Å². The summed E-state index contributed by atoms with van der Waals surface area (Å²) >= 11 is 0. The molecule has 4 saturated heterocycles. The molecule has 12 N–H and O–H groups in total. The van der Waals surface area contributed by atoms with Crippen LogP contribution in [-0.2, 0) is 42.7 Å². The van der Waals surface area contributed by atoms with Gasteiger partial charge in [0.2, 0.25) is 0 Å². The van der Waals surface area contributed by atoms with E-state index in [1.165, 1.54) is 13.2 Å². The van der Waals surface area contributed by atoms with E-state index in [4.69, 9.17) is 37.9 Å². The second-order valence-corrected chi connectivity index (χ2v) is 24.4. The van der Waals surface area contributed by atoms with Gasteiger partial charge in [0.05, 0.1) is 44.2 Å². The number of allylic oxidation sites excluding steroid dienone is 2. The van der Waals surface area contributed by atoms with E-state index in [1.807, 2.05) is 13.8 Å². The number of rotatable bonds is 15. The van der Waals surface area contributed by atoms with Crippen molar-refractivity contribution in [2.75, 3.05) is 26.4 Å². The summed E-state index contributed by atoms with van der Waals surface area (Å²) in [4.78, 5) is 14.1. The average molecular weight is 1050 g/mol. The van der Waals surface area contributed by atoms with Crippen LogP contribution in [0.2, 0.25) is 0 Å². The van der Waals surface area contributed by atoms with Crippen molar-refractivity contribution in [3.63, 3.8) is 0 Å². The Labute approximate surface area is 427 Å². The van der Waals surface area contributed by atoms with E-state index in [-0.39, 0.29) is 47.7 Å². The first kappa shape index (κ1) is 57.8. The second kappa shape index (κ2) is 22.0. The maximum absolute atomic E-state index is 14.1. The van der Waals surface area contributed by atoms with Crippen LogP contribution in [-0.4, -0.2) is 216 Å². The molecule has 0 unspecified atom stereocenters. The Morgan fingerprint density at radius 1 is 0.644 bits per heavy atom. The molecular weight excluding hydrogens is 961 g/mol. The zero-order chi connectivity index (χ0) is 53.3. The van der Waals surface area contributed by atoms with Crippen molar-refractivity contribution in [2.45, 2.75) is 235 Å². The number of aliphatic hydroxyl groups excluding tert-OH is 11. The highest BCUT2D eigenvalue weighted by atomic mass is 16.8. The highest BCUT2D eigenvalue weighted by molar-refractivity contribution is 5.62. The SMILES string of the molecule is CC(C)=CCC[C@@](O)(CO[C@@H]1O[C@H](CO)[C@@H](O)[C@H](O)[C@H]1O)[C@H]1CC[C@]2(C)[C@@H]1CC[C@@H]1[C@@]3(C=O)CC[C@H](O[C@@H]4OC[C@H](O)[C@H](O[C@@H]5OC[C@@H](O)[C@H](O)[C@H]5O)[C@H]4O[C@@H]4O[C@@H](C)[C@H](O)[C@@H](O)[C@H]4O)C(C)(C)[C@@H]3CC[C@]12C. The van der Waals surface area contributed by atoms with Crippen LogP contribution in [0.25, 0.3) is 0 Å². The van der Waals surface area contributed by atoms with Crippen molar-refractivity contribution in [3.05, 3.63) is 11.6 Å². The van der Waals surface area contributed by atoms with Gasteiger partial charge in [-0.25, -0.2) is 0 Å². The first-order valence-corrected chi connectivity index (χ1v) is 26.7. The summed E-state index contributed by atoms with van der Waals surface area (Å²) in [6.45, 7) is 12.7. The Morgan fingerprint density at radius 3 is 1.96 bits per heavy atom. The third-order valence-electron chi connectivity index (χ3n) is 19.9. The molecule has 0 aromatic heterocycles. The van der Waals surface area contributed by atoms with Gasteiger partial charge in [-0.2, -0.15) is 0 Å². The van der Waals surface area contributed by atoms with Gasteiger partial charge in [-0.05, 0) is 125 Å². The van der Waals surface area contributed by atoms with E-state index in [0.717, 1.165) is 31.3 Å². The van der Waals surface area contributed by atoms with Crippen LogP contribution in [0.4, 0.5) is 0 Å². The van der Waals surface area contributed by atoms with Gasteiger partial charge in [-0.3, -0.25) is 0 Å². The summed E-state index contributed by atoms with van der Waals surface area (Å²) in [7, 11) is 0. The lowest BCUT2D eigenvalue weighted by atomic mass is 9.35. The van der Waals surface area contributed by atoms with Gasteiger partial charge in [0.25, 0.3) is 0 Å². The van der Waals surface area contributed by atoms with Gasteiger partial charge in [-0.1, -0.05) is 39.3 Å². The predicted octanol–water partition coefficient (Wildman–Crippen LogP) is -0.716. The van der Waals surface area contributed by atoms with Crippen LogP contribution in [0.5, 0.6) is 0 Å². The van der Waals surface area contributed by atoms with Crippen molar-refractivity contribution in [1.29, 1.82) is 0 Å². The molecule has 4 heterocycles. The lowest BCUT2D eigenvalue weighted by molar-refractivity contribution is -0.383. The maximum Gasteiger partial charge on any atom is 0.187 e. The standard InChI is InChI=1S/C52H86O21/c1-24(2)9-8-15-52(65,23-68-45-40(63)38(61)36(59)30(19-53)70-45)27-12-16-49(6)26(27)10-11-32-50(49,7)17-13-31-48(4,5)33(14-18-51(31,32)22-54)71-47-43(73-46-41(64)37(60)34(57)25(3)69-46)42(29(56)21-67-47)72-44-39(62)35(58)28(55)20-66-44/h9,22,25-47,53,55-65H,8,10-21,23H2,1-7H3/t25-,26+,27-,28+,29-,30+,31-,32-,33-,34-,35-,36+,37+,38-,39+,40+,41+,42-,43+,44-,45+,46-,47-,49+,50+,51+,52+/m0/s1. The third-order valence-corrected chi connectivity index (χ3v) is 19.9. The summed E-state index contributed by atoms with van der Waals surface area (Å²) in [6.07, 6.45) is -17.8. The second-order valence-electron chi connectivity index (χ2n) is 24.4. The Bertz CT molecular complexity index is 1900. The molecule has 27 atom stereocenters. The van der Waals surface area contributed by atoms with Gasteiger partial charge >= 0.3 is 0 Å². The van der Waals surface area contributed by atoms with Gasteiger partial charge < -0.3 is 104 Å². The molecule has 0 amide bonds. The first-order valence-electron chi connectivity index (χ1n) is 26.7. The van der Waals surface area contributed by atoms with E-state index in [0.29, 0.717) is 38.5 Å². The van der Waals surface area contributed by atoms with Crippen molar-refractivity contribution in [1.82, 2.24) is 0 Å². The average Bonchev–Trinajstić information content (AvgIpc) is 3.72. The molecule has 0 bridgehead atoms. The fourth-order valence-corrected chi connectivity index (χ4v) is 15.4. The molecular formula is C52H86O21. The van der Waals surface area contributed by atoms with E-state index >= 15 is 0 Å². The smallest absolute Gasteiger partial charge is 0.187 e. The Balaban J connectivity index is 1.03. The fraction of sp³-hybridized carbons (Fsp3) is 0.942. The number of ether oxygens (including phenoxy) is 8. The monoisotopic (exact) mass is 1050 g/mol. The Morgan fingerprint density at radius 2 is 1.27 bits per heavy atom. The van der Waals surface area contributed by atoms with E-state index in [2.05, 4.69) is 33.8 Å². The van der Waals surface area contributed by atoms with Gasteiger partial charge in [-0.15, -0.1) is 0 Å². The quantitative estimate of drug-likeness (QED) is 0.0547. The van der Waals surface area contributed by atoms with E-state index in [9.17, 15) is 66.1 Å². The molecule has 0 aromatic carbocycles. The van der Waals surface area contributed by atoms with Crippen molar-refractivity contribution < 1.29 is 104 Å². The molecule has 21 nitrogen and oxygen atoms in total. The molecule has 0 spiro atoms. The van der Waals surface area contributed by atoms with Crippen LogP contribution in [0, 0.1) is 45.3 Å². The maximum atomic E-state index is 14.1. The molecule has 0 aromatic rings. The largest absolute Gasteiger partial charge is 0.394 e. The van der Waals surface area contributed by atoms with Crippen LogP contribution >= 0.6 is 0 Å². The van der Waals surface area contributed by atoms with Crippen LogP contribution in [0.1, 0.15) is 113 Å². The molecule has 420 valence electrons. The Kier molecular flexibility index (Phi) is 17.4. The minimum atomic E-state index is -1.76. The lowest BCUT2D eigenvalue weighted by Crippen LogP contribution is -2.67. The lowest BCUT2D eigenvalue weighted by Gasteiger charge is -2.69. The molecule has 8 rings (SSSR count). The highest BCUT2D eigenvalue weighted by Gasteiger charge is 2.71. The highest BCUT2D eigenvalue weighted by Crippen LogP contribution is 2.75. The summed E-state index contributed by atoms with van der Waals surface area (Å²) < 4.78 is 48.7. The minimum Gasteiger partial charge on any atom is -0.394 e. The number of aldehydes is 1. The van der Waals surface area contributed by atoms with Crippen LogP contribution < -0.4 is 0 Å². The number of fused-ring (bicyclic) bond motifs is 5. The summed E-state index contributed by atoms with van der Waals surface area (Å²) in [5.74, 6) is -0.385. The predicted molar refractivity (Wildman–Crippen MR) is 253 cm³/mol. The summed E-state index contributed by atoms with van der Waals surface area (Å²) in [5.41, 5.74) is -2.36. The molecule has 21 heteroatoms. The molecule has 8 fully saturated rings. The zero-order valence-corrected chi connectivity index (χ0v) is 43.4. The van der Waals surface area contributed by atoms with Gasteiger partial charge in [0, 0.05) is 5.41 Å². The molecule has 8 aliphatic rings. The van der Waals surface area contributed by atoms with Crippen LogP contribution in [0.3, 0.4) is 0 Å². The normalized spacial score (nSPS) is 51.7. The third kappa shape index (κ3) is 10.2. The van der Waals surface area contributed by atoms with Crippen molar-refractivity contribution in [2.24, 2.45) is 45.3 Å². The number of aliphatic hydroxyl groups is 12. The molecule has 4 aliphatic carbocycles. The molecule has 0 radical (unpaired) electrons. The first-order chi connectivity index (χ1) is 34.3. The number of carbonyl (C=O) groups excluding carboxylic acids is 1. The molecule has 4 aliphatic heterocycles. The Hall–Kier alpha value is -1.39. The number of carbonyl (C=O) groups is 1. The molecule has 4 saturated carbocycles. The number of hydrogen-bond donors (Lipinski definition) is 12. The van der Waals surface area contributed by atoms with Crippen molar-refractivity contribution in [3.8, 4) is 0 Å². The number of hydrogen-bond acceptors (Lipinski definition) is 21. The van der Waals surface area contributed by atoms with Crippen molar-refractivity contribution >= 4 is 6.29 Å². The van der Waals surface area contributed by atoms with Gasteiger partial charge in [0.15, 0.2) is 25.2 Å². The fourth-order valence-electron chi connectivity index (χ4n) is 15.4. The topological polar surface area (TPSA) is 334 Å². The minimum absolute atomic E-state index is 0.0277. The van der Waals surface area contributed by atoms with Crippen LogP contribution in [0.15, 0.2) is 11.6 Å². The van der Waals surface area contributed by atoms with Gasteiger partial charge in [0.1, 0.15) is 85.6 Å². The molecule has 73 heavy (non-hydrogen) atoms. The summed E-state index contributed by atoms with van der Waals surface area (Å²) in [5, 5.41) is 130.